The SMILES string of the molecule is CS(=O)(=O)c1ccc([C@H](O)C(=O)CO)cc1. The zero-order valence-electron chi connectivity index (χ0n) is 8.62. The van der Waals surface area contributed by atoms with E-state index in [-0.39, 0.29) is 10.5 Å². The summed E-state index contributed by atoms with van der Waals surface area (Å²) in [5.41, 5.74) is 0.256. The zero-order chi connectivity index (χ0) is 12.3. The number of rotatable bonds is 4. The van der Waals surface area contributed by atoms with Crippen molar-refractivity contribution >= 4 is 15.6 Å². The van der Waals surface area contributed by atoms with Gasteiger partial charge in [-0.15, -0.1) is 0 Å². The molecule has 0 radical (unpaired) electrons. The van der Waals surface area contributed by atoms with E-state index in [1.54, 1.807) is 0 Å². The van der Waals surface area contributed by atoms with E-state index in [0.717, 1.165) is 6.26 Å². The Morgan fingerprint density at radius 3 is 2.19 bits per heavy atom. The molecule has 0 bridgehead atoms. The van der Waals surface area contributed by atoms with E-state index in [0.29, 0.717) is 0 Å². The predicted molar refractivity (Wildman–Crippen MR) is 56.6 cm³/mol. The number of Topliss-reactive ketones (excluding diaryl/α,β-unsaturated/α-hetero) is 1. The van der Waals surface area contributed by atoms with Crippen LogP contribution in [0.25, 0.3) is 0 Å². The molecule has 1 aromatic rings. The molecular formula is C10H12O5S. The Balaban J connectivity index is 3.00. The first-order valence-electron chi connectivity index (χ1n) is 4.48. The molecule has 0 fully saturated rings. The summed E-state index contributed by atoms with van der Waals surface area (Å²) in [7, 11) is -3.29. The molecule has 0 aliphatic heterocycles. The summed E-state index contributed by atoms with van der Waals surface area (Å²) >= 11 is 0. The largest absolute Gasteiger partial charge is 0.388 e. The Hall–Kier alpha value is -1.24. The smallest absolute Gasteiger partial charge is 0.191 e. The first-order valence-corrected chi connectivity index (χ1v) is 6.37. The molecule has 5 nitrogen and oxygen atoms in total. The van der Waals surface area contributed by atoms with Gasteiger partial charge in [-0.25, -0.2) is 8.42 Å². The van der Waals surface area contributed by atoms with Crippen molar-refractivity contribution < 1.29 is 23.4 Å². The predicted octanol–water partition coefficient (Wildman–Crippen LogP) is -0.315. The highest BCUT2D eigenvalue weighted by Gasteiger charge is 2.16. The lowest BCUT2D eigenvalue weighted by Crippen LogP contribution is -2.15. The van der Waals surface area contributed by atoms with Crippen LogP contribution in [-0.4, -0.2) is 37.3 Å². The van der Waals surface area contributed by atoms with Crippen LogP contribution >= 0.6 is 0 Å². The van der Waals surface area contributed by atoms with Crippen LogP contribution in [-0.2, 0) is 14.6 Å². The van der Waals surface area contributed by atoms with Gasteiger partial charge in [0.25, 0.3) is 0 Å². The van der Waals surface area contributed by atoms with Crippen LogP contribution in [0.5, 0.6) is 0 Å². The van der Waals surface area contributed by atoms with Crippen molar-refractivity contribution in [2.75, 3.05) is 12.9 Å². The van der Waals surface area contributed by atoms with E-state index in [4.69, 9.17) is 5.11 Å². The molecule has 0 aliphatic rings. The molecule has 16 heavy (non-hydrogen) atoms. The number of sulfone groups is 1. The van der Waals surface area contributed by atoms with Crippen LogP contribution in [0.4, 0.5) is 0 Å². The Kier molecular flexibility index (Phi) is 3.79. The molecule has 0 amide bonds. The van der Waals surface area contributed by atoms with Crippen molar-refractivity contribution in [3.8, 4) is 0 Å². The molecule has 6 heteroatoms. The van der Waals surface area contributed by atoms with Gasteiger partial charge in [-0.3, -0.25) is 4.79 Å². The van der Waals surface area contributed by atoms with E-state index in [1.165, 1.54) is 24.3 Å². The van der Waals surface area contributed by atoms with Gasteiger partial charge >= 0.3 is 0 Å². The summed E-state index contributed by atoms with van der Waals surface area (Å²) in [6.07, 6.45) is -0.351. The third-order valence-electron chi connectivity index (χ3n) is 2.08. The van der Waals surface area contributed by atoms with E-state index < -0.39 is 28.3 Å². The van der Waals surface area contributed by atoms with Crippen molar-refractivity contribution in [1.82, 2.24) is 0 Å². The molecule has 0 spiro atoms. The number of aliphatic hydroxyl groups excluding tert-OH is 2. The Morgan fingerprint density at radius 2 is 1.81 bits per heavy atom. The molecule has 0 aromatic heterocycles. The quantitative estimate of drug-likeness (QED) is 0.757. The number of hydrogen-bond donors (Lipinski definition) is 2. The van der Waals surface area contributed by atoms with Crippen LogP contribution in [0.15, 0.2) is 29.2 Å². The molecule has 88 valence electrons. The molecule has 0 unspecified atom stereocenters. The lowest BCUT2D eigenvalue weighted by atomic mass is 10.1. The number of hydrogen-bond acceptors (Lipinski definition) is 5. The van der Waals surface area contributed by atoms with E-state index >= 15 is 0 Å². The normalized spacial score (nSPS) is 13.4. The fraction of sp³-hybridized carbons (Fsp3) is 0.300. The number of benzene rings is 1. The van der Waals surface area contributed by atoms with E-state index in [1.807, 2.05) is 0 Å². The molecule has 1 rings (SSSR count). The average molecular weight is 244 g/mol. The van der Waals surface area contributed by atoms with Crippen LogP contribution in [0, 0.1) is 0 Å². The topological polar surface area (TPSA) is 91.7 Å². The minimum atomic E-state index is -3.29. The summed E-state index contributed by atoms with van der Waals surface area (Å²) in [4.78, 5) is 11.1. The maximum Gasteiger partial charge on any atom is 0.191 e. The summed E-state index contributed by atoms with van der Waals surface area (Å²) < 4.78 is 22.3. The van der Waals surface area contributed by atoms with Gasteiger partial charge in [-0.2, -0.15) is 0 Å². The maximum absolute atomic E-state index is 11.1. The number of carbonyl (C=O) groups excluding carboxylic acids is 1. The van der Waals surface area contributed by atoms with Crippen LogP contribution in [0.2, 0.25) is 0 Å². The average Bonchev–Trinajstić information content (AvgIpc) is 2.26. The molecule has 2 N–H and O–H groups in total. The second-order valence-corrected chi connectivity index (χ2v) is 5.38. The third-order valence-corrected chi connectivity index (χ3v) is 3.21. The van der Waals surface area contributed by atoms with Gasteiger partial charge in [-0.1, -0.05) is 12.1 Å². The molecular weight excluding hydrogens is 232 g/mol. The van der Waals surface area contributed by atoms with Crippen molar-refractivity contribution in [3.05, 3.63) is 29.8 Å². The molecule has 1 aromatic carbocycles. The van der Waals surface area contributed by atoms with Gasteiger partial charge in [-0.05, 0) is 17.7 Å². The van der Waals surface area contributed by atoms with E-state index in [2.05, 4.69) is 0 Å². The van der Waals surface area contributed by atoms with Crippen LogP contribution in [0.1, 0.15) is 11.7 Å². The lowest BCUT2D eigenvalue weighted by molar-refractivity contribution is -0.130. The summed E-state index contributed by atoms with van der Waals surface area (Å²) in [6, 6.07) is 5.29. The van der Waals surface area contributed by atoms with Crippen LogP contribution < -0.4 is 0 Å². The summed E-state index contributed by atoms with van der Waals surface area (Å²) in [5, 5.41) is 18.0. The monoisotopic (exact) mass is 244 g/mol. The van der Waals surface area contributed by atoms with Crippen molar-refractivity contribution in [2.24, 2.45) is 0 Å². The highest BCUT2D eigenvalue weighted by Crippen LogP contribution is 2.16. The first kappa shape index (κ1) is 12.8. The minimum absolute atomic E-state index is 0.111. The van der Waals surface area contributed by atoms with Gasteiger partial charge in [0, 0.05) is 6.26 Å². The summed E-state index contributed by atoms with van der Waals surface area (Å²) in [6.45, 7) is -0.755. The fourth-order valence-electron chi connectivity index (χ4n) is 1.17. The zero-order valence-corrected chi connectivity index (χ0v) is 9.44. The second-order valence-electron chi connectivity index (χ2n) is 3.37. The van der Waals surface area contributed by atoms with Gasteiger partial charge in [0.15, 0.2) is 15.6 Å². The van der Waals surface area contributed by atoms with E-state index in [9.17, 15) is 18.3 Å². The lowest BCUT2D eigenvalue weighted by Gasteiger charge is -2.08. The number of ketones is 1. The molecule has 0 aliphatic carbocycles. The standard InChI is InChI=1S/C10H12O5S/c1-16(14,15)8-4-2-7(3-5-8)10(13)9(12)6-11/h2-5,10-11,13H,6H2,1H3/t10-/m0/s1. The molecule has 0 heterocycles. The first-order chi connectivity index (χ1) is 7.36. The third kappa shape index (κ3) is 2.88. The Bertz CT molecular complexity index is 474. The van der Waals surface area contributed by atoms with Gasteiger partial charge < -0.3 is 10.2 Å². The van der Waals surface area contributed by atoms with Gasteiger partial charge in [0.2, 0.25) is 0 Å². The minimum Gasteiger partial charge on any atom is -0.388 e. The fourth-order valence-corrected chi connectivity index (χ4v) is 1.80. The summed E-state index contributed by atoms with van der Waals surface area (Å²) in [5.74, 6) is -0.730. The highest BCUT2D eigenvalue weighted by molar-refractivity contribution is 7.90. The number of aliphatic hydroxyl groups is 2. The van der Waals surface area contributed by atoms with Crippen molar-refractivity contribution in [1.29, 1.82) is 0 Å². The maximum atomic E-state index is 11.1. The molecule has 0 saturated carbocycles. The van der Waals surface area contributed by atoms with Gasteiger partial charge in [0.05, 0.1) is 4.90 Å². The number of carbonyl (C=O) groups is 1. The Morgan fingerprint density at radius 1 is 1.31 bits per heavy atom. The molecule has 1 atom stereocenters. The Labute approximate surface area is 93.3 Å². The molecule has 0 saturated heterocycles. The second kappa shape index (κ2) is 4.73. The van der Waals surface area contributed by atoms with Crippen LogP contribution in [0.3, 0.4) is 0 Å². The van der Waals surface area contributed by atoms with Gasteiger partial charge in [0.1, 0.15) is 12.7 Å². The van der Waals surface area contributed by atoms with Crippen molar-refractivity contribution in [2.45, 2.75) is 11.0 Å². The van der Waals surface area contributed by atoms with Crippen molar-refractivity contribution in [3.63, 3.8) is 0 Å². The highest BCUT2D eigenvalue weighted by atomic mass is 32.2.